The predicted octanol–water partition coefficient (Wildman–Crippen LogP) is 2.13. The summed E-state index contributed by atoms with van der Waals surface area (Å²) in [7, 11) is -2.98. The van der Waals surface area contributed by atoms with Crippen molar-refractivity contribution in [3.8, 4) is 0 Å². The third kappa shape index (κ3) is 3.75. The van der Waals surface area contributed by atoms with Crippen molar-refractivity contribution < 1.29 is 8.42 Å². The third-order valence-corrected chi connectivity index (χ3v) is 6.43. The summed E-state index contributed by atoms with van der Waals surface area (Å²) >= 11 is 0. The summed E-state index contributed by atoms with van der Waals surface area (Å²) in [5.74, 6) is 0. The summed E-state index contributed by atoms with van der Waals surface area (Å²) in [6.07, 6.45) is 10.1. The van der Waals surface area contributed by atoms with Crippen LogP contribution in [0.1, 0.15) is 36.9 Å². The molecule has 0 amide bonds. The molecule has 1 aliphatic rings. The lowest BCUT2D eigenvalue weighted by Crippen LogP contribution is -2.46. The maximum absolute atomic E-state index is 11.9. The summed E-state index contributed by atoms with van der Waals surface area (Å²) in [4.78, 5) is 4.67. The lowest BCUT2D eigenvalue weighted by molar-refractivity contribution is 0.373. The quantitative estimate of drug-likeness (QED) is 0.909. The van der Waals surface area contributed by atoms with E-state index in [-0.39, 0.29) is 11.3 Å². The molecule has 0 bridgehead atoms. The summed E-state index contributed by atoms with van der Waals surface area (Å²) in [6, 6.07) is 4.16. The molecule has 1 N–H and O–H groups in total. The number of rotatable bonds is 5. The molecule has 0 aromatic carbocycles. The molecule has 3 rings (SSSR count). The number of nitrogens with zero attached hydrogens (tertiary/aromatic N) is 2. The number of aromatic nitrogens is 2. The monoisotopic (exact) mass is 335 g/mol. The van der Waals surface area contributed by atoms with Gasteiger partial charge in [0.25, 0.3) is 0 Å². The van der Waals surface area contributed by atoms with E-state index in [1.54, 1.807) is 0 Å². The van der Waals surface area contributed by atoms with Gasteiger partial charge in [-0.1, -0.05) is 18.9 Å². The second-order valence-electron chi connectivity index (χ2n) is 6.62. The molecule has 2 atom stereocenters. The van der Waals surface area contributed by atoms with Crippen molar-refractivity contribution in [1.82, 2.24) is 14.7 Å². The van der Waals surface area contributed by atoms with Crippen LogP contribution in [0.4, 0.5) is 0 Å². The molecule has 0 radical (unpaired) electrons. The zero-order chi connectivity index (χ0) is 16.4. The van der Waals surface area contributed by atoms with Crippen LogP contribution in [-0.2, 0) is 16.3 Å². The average Bonchev–Trinajstić information content (AvgIpc) is 2.91. The highest BCUT2D eigenvalue weighted by Gasteiger charge is 2.32. The summed E-state index contributed by atoms with van der Waals surface area (Å²) in [5.41, 5.74) is 3.20. The van der Waals surface area contributed by atoms with Crippen LogP contribution < -0.4 is 5.32 Å². The minimum atomic E-state index is -2.98. The van der Waals surface area contributed by atoms with Gasteiger partial charge in [-0.2, -0.15) is 0 Å². The number of sulfone groups is 1. The van der Waals surface area contributed by atoms with Gasteiger partial charge in [-0.25, -0.2) is 13.4 Å². The van der Waals surface area contributed by atoms with Crippen molar-refractivity contribution in [2.45, 2.75) is 50.3 Å². The predicted molar refractivity (Wildman–Crippen MR) is 92.5 cm³/mol. The van der Waals surface area contributed by atoms with Gasteiger partial charge in [-0.05, 0) is 31.4 Å². The van der Waals surface area contributed by atoms with E-state index in [4.69, 9.17) is 0 Å². The van der Waals surface area contributed by atoms with Gasteiger partial charge in [0.05, 0.1) is 10.9 Å². The van der Waals surface area contributed by atoms with Crippen LogP contribution in [-0.4, -0.2) is 41.9 Å². The molecule has 1 saturated carbocycles. The molecule has 0 spiro atoms. The number of pyridine rings is 1. The second kappa shape index (κ2) is 6.61. The Hall–Kier alpha value is -1.40. The molecule has 2 heterocycles. The standard InChI is InChI=1S/C17H25N3O2S/c1-13-6-5-11-20-12-14(19-17(13)20)9-10-18-15-7-3-4-8-16(15)23(2,21)22/h5-6,11-12,15-16,18H,3-4,7-10H2,1-2H3/t15-,16-/m1/s1. The van der Waals surface area contributed by atoms with Crippen molar-refractivity contribution in [3.63, 3.8) is 0 Å². The van der Waals surface area contributed by atoms with Gasteiger partial charge in [0.1, 0.15) is 5.65 Å². The van der Waals surface area contributed by atoms with Gasteiger partial charge in [-0.15, -0.1) is 0 Å². The highest BCUT2D eigenvalue weighted by Crippen LogP contribution is 2.24. The Morgan fingerprint density at radius 1 is 1.35 bits per heavy atom. The van der Waals surface area contributed by atoms with Gasteiger partial charge in [0, 0.05) is 37.7 Å². The molecule has 0 unspecified atom stereocenters. The van der Waals surface area contributed by atoms with Crippen LogP contribution in [0, 0.1) is 6.92 Å². The van der Waals surface area contributed by atoms with E-state index in [1.807, 2.05) is 16.7 Å². The smallest absolute Gasteiger partial charge is 0.151 e. The normalized spacial score (nSPS) is 22.5. The fourth-order valence-electron chi connectivity index (χ4n) is 3.55. The molecule has 23 heavy (non-hydrogen) atoms. The molecule has 5 nitrogen and oxygen atoms in total. The number of hydrogen-bond donors (Lipinski definition) is 1. The maximum Gasteiger partial charge on any atom is 0.151 e. The Morgan fingerprint density at radius 3 is 2.87 bits per heavy atom. The number of aryl methyl sites for hydroxylation is 1. The largest absolute Gasteiger partial charge is 0.312 e. The Kier molecular flexibility index (Phi) is 4.73. The molecule has 126 valence electrons. The first kappa shape index (κ1) is 16.5. The molecule has 2 aromatic rings. The molecular weight excluding hydrogens is 310 g/mol. The average molecular weight is 335 g/mol. The zero-order valence-electron chi connectivity index (χ0n) is 13.8. The maximum atomic E-state index is 11.9. The SMILES string of the molecule is Cc1cccn2cc(CCN[C@@H]3CCCC[C@H]3S(C)(=O)=O)nc12. The van der Waals surface area contributed by atoms with Crippen LogP contribution in [0.5, 0.6) is 0 Å². The van der Waals surface area contributed by atoms with Crippen molar-refractivity contribution in [3.05, 3.63) is 35.8 Å². The number of hydrogen-bond acceptors (Lipinski definition) is 4. The Bertz CT molecular complexity index is 782. The Balaban J connectivity index is 1.62. The van der Waals surface area contributed by atoms with Gasteiger partial charge in [0.15, 0.2) is 9.84 Å². The first-order chi connectivity index (χ1) is 10.9. The minimum Gasteiger partial charge on any atom is -0.312 e. The minimum absolute atomic E-state index is 0.0810. The number of imidazole rings is 1. The Morgan fingerprint density at radius 2 is 2.13 bits per heavy atom. The van der Waals surface area contributed by atoms with E-state index >= 15 is 0 Å². The van der Waals surface area contributed by atoms with Gasteiger partial charge >= 0.3 is 0 Å². The van der Waals surface area contributed by atoms with Gasteiger partial charge in [0.2, 0.25) is 0 Å². The topological polar surface area (TPSA) is 63.5 Å². The Labute approximate surface area is 138 Å². The lowest BCUT2D eigenvalue weighted by atomic mass is 9.95. The van der Waals surface area contributed by atoms with Crippen molar-refractivity contribution in [2.75, 3.05) is 12.8 Å². The van der Waals surface area contributed by atoms with Gasteiger partial charge in [-0.3, -0.25) is 0 Å². The summed E-state index contributed by atoms with van der Waals surface area (Å²) in [6.45, 7) is 2.82. The van der Waals surface area contributed by atoms with E-state index < -0.39 is 9.84 Å². The lowest BCUT2D eigenvalue weighted by Gasteiger charge is -2.30. The first-order valence-electron chi connectivity index (χ1n) is 8.30. The third-order valence-electron chi connectivity index (χ3n) is 4.77. The van der Waals surface area contributed by atoms with E-state index in [1.165, 1.54) is 6.26 Å². The van der Waals surface area contributed by atoms with Crippen LogP contribution in [0.2, 0.25) is 0 Å². The summed E-state index contributed by atoms with van der Waals surface area (Å²) in [5, 5.41) is 3.22. The fraction of sp³-hybridized carbons (Fsp3) is 0.588. The van der Waals surface area contributed by atoms with E-state index in [0.717, 1.165) is 55.6 Å². The molecule has 0 aliphatic heterocycles. The first-order valence-corrected chi connectivity index (χ1v) is 10.3. The molecular formula is C17H25N3O2S. The summed E-state index contributed by atoms with van der Waals surface area (Å²) < 4.78 is 25.9. The van der Waals surface area contributed by atoms with Crippen LogP contribution in [0.15, 0.2) is 24.5 Å². The molecule has 1 aliphatic carbocycles. The van der Waals surface area contributed by atoms with Gasteiger partial charge < -0.3 is 9.72 Å². The fourth-order valence-corrected chi connectivity index (χ4v) is 4.98. The van der Waals surface area contributed by atoms with E-state index in [2.05, 4.69) is 29.5 Å². The van der Waals surface area contributed by atoms with E-state index in [9.17, 15) is 8.42 Å². The zero-order valence-corrected chi connectivity index (χ0v) is 14.6. The number of fused-ring (bicyclic) bond motifs is 1. The molecule has 2 aromatic heterocycles. The molecule has 0 saturated heterocycles. The highest BCUT2D eigenvalue weighted by molar-refractivity contribution is 7.91. The van der Waals surface area contributed by atoms with E-state index in [0.29, 0.717) is 0 Å². The molecule has 6 heteroatoms. The highest BCUT2D eigenvalue weighted by atomic mass is 32.2. The van der Waals surface area contributed by atoms with Crippen molar-refractivity contribution >= 4 is 15.5 Å². The van der Waals surface area contributed by atoms with Crippen LogP contribution >= 0.6 is 0 Å². The van der Waals surface area contributed by atoms with Crippen LogP contribution in [0.3, 0.4) is 0 Å². The second-order valence-corrected chi connectivity index (χ2v) is 8.88. The van der Waals surface area contributed by atoms with Crippen molar-refractivity contribution in [1.29, 1.82) is 0 Å². The van der Waals surface area contributed by atoms with Crippen molar-refractivity contribution in [2.24, 2.45) is 0 Å². The molecule has 1 fully saturated rings. The number of nitrogens with one attached hydrogen (secondary N) is 1. The van der Waals surface area contributed by atoms with Crippen LogP contribution in [0.25, 0.3) is 5.65 Å².